The summed E-state index contributed by atoms with van der Waals surface area (Å²) >= 11 is 0. The van der Waals surface area contributed by atoms with Gasteiger partial charge in [-0.3, -0.25) is 0 Å². The van der Waals surface area contributed by atoms with Gasteiger partial charge in [0.15, 0.2) is 0 Å². The van der Waals surface area contributed by atoms with Gasteiger partial charge in [0.1, 0.15) is 13.0 Å². The summed E-state index contributed by atoms with van der Waals surface area (Å²) in [6.07, 6.45) is -17.4. The minimum Gasteiger partial charge on any atom is -0.396 e. The minimum atomic E-state index is -6.15. The molecule has 0 amide bonds. The van der Waals surface area contributed by atoms with Crippen LogP contribution in [0.5, 0.6) is 0 Å². The van der Waals surface area contributed by atoms with Gasteiger partial charge in [0.25, 0.3) is 11.8 Å². The van der Waals surface area contributed by atoms with Crippen molar-refractivity contribution in [3.63, 3.8) is 0 Å². The summed E-state index contributed by atoms with van der Waals surface area (Å²) in [6, 6.07) is 0. The summed E-state index contributed by atoms with van der Waals surface area (Å²) in [5.74, 6) is -15.7. The molecule has 0 saturated heterocycles. The molecule has 0 aliphatic rings. The third-order valence-electron chi connectivity index (χ3n) is 4.58. The number of ether oxygens (including phenoxy) is 4. The molecule has 0 fully saturated rings. The molecule has 18 heteroatoms. The van der Waals surface area contributed by atoms with Crippen molar-refractivity contribution >= 4 is 0 Å². The maximum absolute atomic E-state index is 13.4. The molecule has 38 heavy (non-hydrogen) atoms. The van der Waals surface area contributed by atoms with Crippen molar-refractivity contribution in [1.29, 1.82) is 0 Å². The van der Waals surface area contributed by atoms with Crippen molar-refractivity contribution in [2.24, 2.45) is 11.8 Å². The molecule has 0 aromatic heterocycles. The molecule has 0 aliphatic carbocycles. The highest BCUT2D eigenvalue weighted by Gasteiger charge is 2.61. The lowest BCUT2D eigenvalue weighted by atomic mass is 10.1. The Hall–Kier alpha value is -1.08. The summed E-state index contributed by atoms with van der Waals surface area (Å²) in [5, 5.41) is 18.4. The molecule has 6 nitrogen and oxygen atoms in total. The van der Waals surface area contributed by atoms with Crippen LogP contribution in [0.15, 0.2) is 0 Å². The van der Waals surface area contributed by atoms with E-state index < -0.39 is 94.3 Å². The molecule has 0 bridgehead atoms. The Morgan fingerprint density at radius 3 is 1.34 bits per heavy atom. The van der Waals surface area contributed by atoms with Crippen LogP contribution in [0.4, 0.5) is 52.7 Å². The monoisotopic (exact) mass is 594 g/mol. The summed E-state index contributed by atoms with van der Waals surface area (Å²) in [5.41, 5.74) is 0. The molecule has 0 spiro atoms. The molecular formula is C20H30F12O6. The average Bonchev–Trinajstić information content (AvgIpc) is 2.72. The molecule has 0 radical (unpaired) electrons. The lowest BCUT2D eigenvalue weighted by Crippen LogP contribution is -2.43. The quantitative estimate of drug-likeness (QED) is 0.151. The van der Waals surface area contributed by atoms with E-state index in [0.29, 0.717) is 0 Å². The van der Waals surface area contributed by atoms with Crippen LogP contribution in [0.3, 0.4) is 0 Å². The molecule has 0 aliphatic heterocycles. The summed E-state index contributed by atoms with van der Waals surface area (Å²) in [4.78, 5) is 0. The molecule has 2 atom stereocenters. The van der Waals surface area contributed by atoms with Gasteiger partial charge in [0.2, 0.25) is 0 Å². The van der Waals surface area contributed by atoms with Gasteiger partial charge in [0, 0.05) is 18.3 Å². The van der Waals surface area contributed by atoms with Gasteiger partial charge >= 0.3 is 18.3 Å². The molecule has 0 aromatic rings. The van der Waals surface area contributed by atoms with Crippen LogP contribution in [-0.2, 0) is 18.9 Å². The molecule has 0 rings (SSSR count). The normalized spacial score (nSPS) is 15.6. The van der Waals surface area contributed by atoms with Crippen LogP contribution in [0, 0.1) is 11.8 Å². The summed E-state index contributed by atoms with van der Waals surface area (Å²) in [7, 11) is 0. The van der Waals surface area contributed by atoms with Gasteiger partial charge in [-0.05, 0) is 0 Å². The predicted molar refractivity (Wildman–Crippen MR) is 105 cm³/mol. The molecule has 230 valence electrons. The topological polar surface area (TPSA) is 77.4 Å². The van der Waals surface area contributed by atoms with E-state index in [2.05, 4.69) is 4.74 Å². The SMILES string of the molecule is OCC(COCCOCC(CO)COCC(F)(F)CC(F)(F)C(F)(F)F)COCCC(F)(F)CC(F)(F)F. The maximum Gasteiger partial charge on any atom is 0.453 e. The van der Waals surface area contributed by atoms with E-state index in [0.717, 1.165) is 0 Å². The van der Waals surface area contributed by atoms with E-state index in [9.17, 15) is 62.9 Å². The number of aliphatic hydroxyl groups excluding tert-OH is 2. The van der Waals surface area contributed by atoms with Crippen molar-refractivity contribution in [1.82, 2.24) is 0 Å². The minimum absolute atomic E-state index is 0.107. The summed E-state index contributed by atoms with van der Waals surface area (Å²) < 4.78 is 170. The molecule has 0 saturated carbocycles. The van der Waals surface area contributed by atoms with Crippen molar-refractivity contribution in [2.75, 3.05) is 66.1 Å². The summed E-state index contributed by atoms with van der Waals surface area (Å²) in [6.45, 7) is -5.20. The number of hydrogen-bond donors (Lipinski definition) is 2. The van der Waals surface area contributed by atoms with Gasteiger partial charge in [-0.1, -0.05) is 0 Å². The fourth-order valence-electron chi connectivity index (χ4n) is 2.63. The van der Waals surface area contributed by atoms with E-state index in [1.54, 1.807) is 0 Å². The Morgan fingerprint density at radius 1 is 0.526 bits per heavy atom. The Balaban J connectivity index is 4.10. The third-order valence-corrected chi connectivity index (χ3v) is 4.58. The molecule has 0 heterocycles. The van der Waals surface area contributed by atoms with E-state index in [1.165, 1.54) is 0 Å². The van der Waals surface area contributed by atoms with Gasteiger partial charge in [-0.25, -0.2) is 17.6 Å². The van der Waals surface area contributed by atoms with Gasteiger partial charge < -0.3 is 29.2 Å². The number of hydrogen-bond acceptors (Lipinski definition) is 6. The van der Waals surface area contributed by atoms with Crippen molar-refractivity contribution in [3.05, 3.63) is 0 Å². The van der Waals surface area contributed by atoms with Crippen LogP contribution in [0.1, 0.15) is 19.3 Å². The van der Waals surface area contributed by atoms with Crippen molar-refractivity contribution in [2.45, 2.75) is 49.4 Å². The van der Waals surface area contributed by atoms with E-state index in [4.69, 9.17) is 14.2 Å². The smallest absolute Gasteiger partial charge is 0.396 e. The number of aliphatic hydroxyl groups is 2. The zero-order valence-corrected chi connectivity index (χ0v) is 19.9. The van der Waals surface area contributed by atoms with Gasteiger partial charge in [0.05, 0.1) is 65.9 Å². The standard InChI is InChI=1S/C20H30F12O6/c21-16(22,12-19(27,28)29)1-2-35-7-14(5-33)8-36-3-4-37-9-15(6-34)10-38-13-17(23,24)11-18(25,26)20(30,31)32/h14-15,33-34H,1-13H2. The first kappa shape index (κ1) is 36.9. The van der Waals surface area contributed by atoms with Crippen LogP contribution in [-0.4, -0.2) is 106 Å². The van der Waals surface area contributed by atoms with E-state index >= 15 is 0 Å². The maximum atomic E-state index is 13.4. The number of rotatable bonds is 21. The van der Waals surface area contributed by atoms with Crippen molar-refractivity contribution in [3.8, 4) is 0 Å². The second-order valence-corrected chi connectivity index (χ2v) is 8.47. The predicted octanol–water partition coefficient (Wildman–Crippen LogP) is 4.47. The first-order valence-corrected chi connectivity index (χ1v) is 11.0. The van der Waals surface area contributed by atoms with Crippen LogP contribution in [0.25, 0.3) is 0 Å². The highest BCUT2D eigenvalue weighted by atomic mass is 19.4. The Bertz CT molecular complexity index is 631. The zero-order chi connectivity index (χ0) is 29.7. The Labute approximate surface area is 210 Å². The lowest BCUT2D eigenvalue weighted by Gasteiger charge is -2.25. The molecule has 2 unspecified atom stereocenters. The highest BCUT2D eigenvalue weighted by Crippen LogP contribution is 2.42. The van der Waals surface area contributed by atoms with Gasteiger partial charge in [-0.2, -0.15) is 35.1 Å². The largest absolute Gasteiger partial charge is 0.453 e. The lowest BCUT2D eigenvalue weighted by molar-refractivity contribution is -0.303. The first-order valence-electron chi connectivity index (χ1n) is 11.0. The number of alkyl halides is 12. The fourth-order valence-corrected chi connectivity index (χ4v) is 2.63. The average molecular weight is 594 g/mol. The van der Waals surface area contributed by atoms with Crippen molar-refractivity contribution < 1.29 is 81.8 Å². The zero-order valence-electron chi connectivity index (χ0n) is 19.9. The fraction of sp³-hybridized carbons (Fsp3) is 1.00. The highest BCUT2D eigenvalue weighted by molar-refractivity contribution is 4.83. The van der Waals surface area contributed by atoms with Gasteiger partial charge in [-0.15, -0.1) is 0 Å². The van der Waals surface area contributed by atoms with Crippen LogP contribution >= 0.6 is 0 Å². The Kier molecular flexibility index (Phi) is 15.8. The number of halogens is 12. The van der Waals surface area contributed by atoms with E-state index in [-0.39, 0.29) is 33.0 Å². The Morgan fingerprint density at radius 2 is 0.947 bits per heavy atom. The first-order chi connectivity index (χ1) is 17.2. The molecule has 0 aromatic carbocycles. The molecular weight excluding hydrogens is 564 g/mol. The van der Waals surface area contributed by atoms with Crippen LogP contribution in [0.2, 0.25) is 0 Å². The second kappa shape index (κ2) is 16.2. The van der Waals surface area contributed by atoms with E-state index in [1.807, 2.05) is 0 Å². The molecule has 2 N–H and O–H groups in total. The second-order valence-electron chi connectivity index (χ2n) is 8.47. The third kappa shape index (κ3) is 17.5. The van der Waals surface area contributed by atoms with Crippen LogP contribution < -0.4 is 0 Å².